The molecule has 4 aromatic carbocycles. The molecule has 4 heterocycles. The third-order valence-electron chi connectivity index (χ3n) is 9.91. The number of likely N-dealkylation sites (tertiary alicyclic amines) is 2. The third-order valence-corrected chi connectivity index (χ3v) is 9.91. The van der Waals surface area contributed by atoms with Crippen molar-refractivity contribution >= 4 is 46.0 Å². The Labute approximate surface area is 291 Å². The van der Waals surface area contributed by atoms with Crippen LogP contribution in [-0.2, 0) is 22.4 Å². The van der Waals surface area contributed by atoms with E-state index in [-0.39, 0.29) is 23.9 Å². The molecule has 2 aliphatic heterocycles. The van der Waals surface area contributed by atoms with E-state index in [2.05, 4.69) is 58.5 Å². The summed E-state index contributed by atoms with van der Waals surface area (Å²) in [6.45, 7) is 1.52. The maximum Gasteiger partial charge on any atom is 0.227 e. The molecule has 0 radical (unpaired) electrons. The number of allylic oxidation sites excluding steroid dienone is 2. The van der Waals surface area contributed by atoms with Gasteiger partial charge in [-0.15, -0.1) is 0 Å². The van der Waals surface area contributed by atoms with Crippen LogP contribution < -0.4 is 0 Å². The molecule has 2 saturated heterocycles. The summed E-state index contributed by atoms with van der Waals surface area (Å²) in [5.41, 5.74) is 7.93. The number of hydrogen-bond donors (Lipinski definition) is 2. The normalized spacial score (nSPS) is 18.0. The minimum Gasteiger partial charge on any atom is -0.340 e. The van der Waals surface area contributed by atoms with Crippen LogP contribution in [0.4, 0.5) is 0 Å². The van der Waals surface area contributed by atoms with Crippen LogP contribution in [0.25, 0.3) is 34.2 Å². The molecule has 0 unspecified atom stereocenters. The minimum absolute atomic E-state index is 0.0253. The largest absolute Gasteiger partial charge is 0.340 e. The topological polar surface area (TPSA) is 98.0 Å². The summed E-state index contributed by atoms with van der Waals surface area (Å²) in [6, 6.07) is 32.3. The predicted octanol–water partition coefficient (Wildman–Crippen LogP) is 7.98. The summed E-state index contributed by atoms with van der Waals surface area (Å²) in [5.74, 6) is 2.01. The first-order chi connectivity index (χ1) is 24.6. The van der Waals surface area contributed by atoms with Gasteiger partial charge in [0, 0.05) is 13.1 Å². The first kappa shape index (κ1) is 31.5. The van der Waals surface area contributed by atoms with Crippen molar-refractivity contribution in [1.82, 2.24) is 29.7 Å². The van der Waals surface area contributed by atoms with Crippen molar-refractivity contribution < 1.29 is 9.59 Å². The molecule has 8 rings (SSSR count). The van der Waals surface area contributed by atoms with E-state index >= 15 is 0 Å². The van der Waals surface area contributed by atoms with Gasteiger partial charge in [-0.25, -0.2) is 9.97 Å². The number of imidazole rings is 2. The minimum atomic E-state index is -0.0253. The number of hydrogen-bond acceptors (Lipinski definition) is 4. The lowest BCUT2D eigenvalue weighted by atomic mass is 10.1. The molecule has 6 aromatic rings. The fourth-order valence-electron chi connectivity index (χ4n) is 7.38. The standard InChI is InChI=1S/C42H40N6O2/c49-39(27-29-11-3-1-4-12-29)47-23-9-17-37(47)41-43-33-21-19-31(25-35(33)45-41)15-7-8-16-32-20-22-34-36(26-32)46-42(44-34)38-18-10-24-48(38)40(50)28-30-13-5-2-6-14-30/h1-8,11-16,19-22,25-26,37-38H,9-10,17-18,23-24,27-28H2,(H,43,45)(H,44,46)/t37-,38-/m0/s1. The third kappa shape index (κ3) is 6.74. The van der Waals surface area contributed by atoms with Gasteiger partial charge in [-0.2, -0.15) is 0 Å². The molecule has 8 nitrogen and oxygen atoms in total. The Morgan fingerprint density at radius 1 is 0.620 bits per heavy atom. The zero-order chi connectivity index (χ0) is 33.9. The van der Waals surface area contributed by atoms with Crippen LogP contribution in [0.2, 0.25) is 0 Å². The quantitative estimate of drug-likeness (QED) is 0.154. The Balaban J connectivity index is 0.915. The Morgan fingerprint density at radius 3 is 1.50 bits per heavy atom. The van der Waals surface area contributed by atoms with Crippen molar-refractivity contribution in [1.29, 1.82) is 0 Å². The second-order valence-electron chi connectivity index (χ2n) is 13.3. The Bertz CT molecular complexity index is 2040. The smallest absolute Gasteiger partial charge is 0.227 e. The van der Waals surface area contributed by atoms with Crippen molar-refractivity contribution in [3.05, 3.63) is 143 Å². The maximum absolute atomic E-state index is 13.2. The van der Waals surface area contributed by atoms with E-state index < -0.39 is 0 Å². The van der Waals surface area contributed by atoms with Crippen molar-refractivity contribution in [3.8, 4) is 0 Å². The molecular formula is C42H40N6O2. The van der Waals surface area contributed by atoms with E-state index in [4.69, 9.17) is 9.97 Å². The highest BCUT2D eigenvalue weighted by Gasteiger charge is 2.33. The number of aromatic nitrogens is 4. The van der Waals surface area contributed by atoms with Gasteiger partial charge < -0.3 is 19.8 Å². The van der Waals surface area contributed by atoms with Crippen molar-refractivity contribution in [2.45, 2.75) is 50.6 Å². The van der Waals surface area contributed by atoms with Crippen LogP contribution in [-0.4, -0.2) is 54.6 Å². The van der Waals surface area contributed by atoms with E-state index in [0.717, 1.165) is 94.7 Å². The van der Waals surface area contributed by atoms with Gasteiger partial charge in [0.05, 0.1) is 47.0 Å². The van der Waals surface area contributed by atoms with Crippen molar-refractivity contribution in [3.63, 3.8) is 0 Å². The van der Waals surface area contributed by atoms with Gasteiger partial charge in [-0.3, -0.25) is 9.59 Å². The number of amides is 2. The molecule has 0 saturated carbocycles. The molecule has 2 aromatic heterocycles. The Kier molecular flexibility index (Phi) is 8.82. The molecule has 0 spiro atoms. The lowest BCUT2D eigenvalue weighted by Gasteiger charge is -2.23. The number of aromatic amines is 2. The summed E-state index contributed by atoms with van der Waals surface area (Å²) in [7, 11) is 0. The van der Waals surface area contributed by atoms with Gasteiger partial charge in [-0.1, -0.05) is 97.1 Å². The molecule has 2 aliphatic rings. The zero-order valence-corrected chi connectivity index (χ0v) is 28.0. The summed E-state index contributed by atoms with van der Waals surface area (Å²) in [6.07, 6.45) is 12.8. The fraction of sp³-hybridized carbons (Fsp3) is 0.238. The summed E-state index contributed by atoms with van der Waals surface area (Å²) in [5, 5.41) is 0. The van der Waals surface area contributed by atoms with E-state index in [0.29, 0.717) is 12.8 Å². The van der Waals surface area contributed by atoms with Crippen LogP contribution in [0.5, 0.6) is 0 Å². The monoisotopic (exact) mass is 660 g/mol. The first-order valence-electron chi connectivity index (χ1n) is 17.6. The average Bonchev–Trinajstić information content (AvgIpc) is 3.96. The van der Waals surface area contributed by atoms with Gasteiger partial charge in [0.1, 0.15) is 11.6 Å². The number of carbonyl (C=O) groups excluding carboxylic acids is 2. The number of H-pyrrole nitrogens is 2. The second-order valence-corrected chi connectivity index (χ2v) is 13.3. The SMILES string of the molecule is O=C(Cc1ccccc1)N1CCC[C@H]1c1nc2cc(C=CC=Cc3ccc4[nH]c([C@@H]5CCCN5C(=O)Cc5ccccc5)nc4c3)ccc2[nH]1. The van der Waals surface area contributed by atoms with E-state index in [1.54, 1.807) is 0 Å². The number of nitrogens with zero attached hydrogens (tertiary/aromatic N) is 4. The lowest BCUT2D eigenvalue weighted by molar-refractivity contribution is -0.132. The van der Waals surface area contributed by atoms with Crippen LogP contribution in [0.3, 0.4) is 0 Å². The summed E-state index contributed by atoms with van der Waals surface area (Å²) in [4.78, 5) is 47.1. The number of rotatable bonds is 9. The number of carbonyl (C=O) groups is 2. The molecule has 2 fully saturated rings. The molecule has 8 heteroatoms. The van der Waals surface area contributed by atoms with Crippen molar-refractivity contribution in [2.75, 3.05) is 13.1 Å². The summed E-state index contributed by atoms with van der Waals surface area (Å²) < 4.78 is 0. The number of fused-ring (bicyclic) bond motifs is 2. The average molecular weight is 661 g/mol. The molecule has 2 amide bonds. The molecular weight excluding hydrogens is 621 g/mol. The highest BCUT2D eigenvalue weighted by atomic mass is 16.2. The summed E-state index contributed by atoms with van der Waals surface area (Å²) >= 11 is 0. The van der Waals surface area contributed by atoms with Gasteiger partial charge in [0.2, 0.25) is 11.8 Å². The lowest BCUT2D eigenvalue weighted by Crippen LogP contribution is -2.32. The van der Waals surface area contributed by atoms with Crippen LogP contribution in [0, 0.1) is 0 Å². The van der Waals surface area contributed by atoms with Gasteiger partial charge in [0.25, 0.3) is 0 Å². The second kappa shape index (κ2) is 14.0. The fourth-order valence-corrected chi connectivity index (χ4v) is 7.38. The van der Waals surface area contributed by atoms with Crippen molar-refractivity contribution in [2.24, 2.45) is 0 Å². The Morgan fingerprint density at radius 2 is 1.06 bits per heavy atom. The molecule has 250 valence electrons. The zero-order valence-electron chi connectivity index (χ0n) is 28.0. The molecule has 0 bridgehead atoms. The van der Waals surface area contributed by atoms with Gasteiger partial charge >= 0.3 is 0 Å². The Hall–Kier alpha value is -5.76. The van der Waals surface area contributed by atoms with Crippen LogP contribution >= 0.6 is 0 Å². The number of benzene rings is 4. The molecule has 0 aliphatic carbocycles. The van der Waals surface area contributed by atoms with E-state index in [9.17, 15) is 9.59 Å². The van der Waals surface area contributed by atoms with Crippen LogP contribution in [0.1, 0.15) is 71.7 Å². The first-order valence-corrected chi connectivity index (χ1v) is 17.6. The van der Waals surface area contributed by atoms with Gasteiger partial charge in [0.15, 0.2) is 0 Å². The highest BCUT2D eigenvalue weighted by Crippen LogP contribution is 2.33. The van der Waals surface area contributed by atoms with E-state index in [1.807, 2.05) is 82.6 Å². The maximum atomic E-state index is 13.2. The van der Waals surface area contributed by atoms with Crippen LogP contribution in [0.15, 0.2) is 109 Å². The molecule has 2 N–H and O–H groups in total. The molecule has 2 atom stereocenters. The van der Waals surface area contributed by atoms with E-state index in [1.165, 1.54) is 0 Å². The van der Waals surface area contributed by atoms with Gasteiger partial charge in [-0.05, 0) is 72.2 Å². The highest BCUT2D eigenvalue weighted by molar-refractivity contribution is 5.82. The molecule has 50 heavy (non-hydrogen) atoms. The predicted molar refractivity (Wildman–Crippen MR) is 198 cm³/mol. The number of nitrogens with one attached hydrogen (secondary N) is 2.